The topological polar surface area (TPSA) is 98.9 Å². The Morgan fingerprint density at radius 2 is 1.83 bits per heavy atom. The van der Waals surface area contributed by atoms with Crippen LogP contribution in [0.5, 0.6) is 11.5 Å². The van der Waals surface area contributed by atoms with Crippen molar-refractivity contribution in [3.63, 3.8) is 0 Å². The minimum atomic E-state index is -1.40. The first kappa shape index (κ1) is 16.3. The van der Waals surface area contributed by atoms with E-state index >= 15 is 0 Å². The van der Waals surface area contributed by atoms with Crippen molar-refractivity contribution < 1.29 is 24.3 Å². The van der Waals surface area contributed by atoms with Crippen LogP contribution in [0.3, 0.4) is 0 Å². The summed E-state index contributed by atoms with van der Waals surface area (Å²) in [5.41, 5.74) is -0.102. The number of nitrogens with zero attached hydrogens (tertiary/aromatic N) is 1. The zero-order valence-corrected chi connectivity index (χ0v) is 12.4. The molecule has 1 N–H and O–H groups in total. The van der Waals surface area contributed by atoms with Crippen molar-refractivity contribution in [2.75, 3.05) is 6.61 Å². The largest absolute Gasteiger partial charge is 0.490 e. The smallest absolute Gasteiger partial charge is 0.342 e. The fraction of sp³-hybridized carbons (Fsp3) is 0.188. The van der Waals surface area contributed by atoms with E-state index in [1.807, 2.05) is 30.3 Å². The molecular formula is C16H15NO6. The molecule has 0 aromatic heterocycles. The zero-order valence-electron chi connectivity index (χ0n) is 12.4. The molecule has 0 spiro atoms. The molecule has 2 rings (SSSR count). The van der Waals surface area contributed by atoms with Crippen LogP contribution in [0.1, 0.15) is 22.8 Å². The minimum absolute atomic E-state index is 0.132. The molecule has 7 heteroatoms. The fourth-order valence-corrected chi connectivity index (χ4v) is 1.99. The van der Waals surface area contributed by atoms with Gasteiger partial charge in [0.25, 0.3) is 5.69 Å². The van der Waals surface area contributed by atoms with Gasteiger partial charge in [-0.15, -0.1) is 0 Å². The number of ether oxygens (including phenoxy) is 2. The average Bonchev–Trinajstić information content (AvgIpc) is 2.54. The lowest BCUT2D eigenvalue weighted by Crippen LogP contribution is -2.06. The van der Waals surface area contributed by atoms with Gasteiger partial charge in [-0.2, -0.15) is 0 Å². The van der Waals surface area contributed by atoms with Gasteiger partial charge in [-0.1, -0.05) is 30.3 Å². The summed E-state index contributed by atoms with van der Waals surface area (Å²) >= 11 is 0. The normalized spacial score (nSPS) is 10.1. The Kier molecular flexibility index (Phi) is 5.14. The van der Waals surface area contributed by atoms with Gasteiger partial charge in [-0.3, -0.25) is 10.1 Å². The number of carbonyl (C=O) groups is 1. The van der Waals surface area contributed by atoms with Crippen LogP contribution >= 0.6 is 0 Å². The highest BCUT2D eigenvalue weighted by atomic mass is 16.6. The van der Waals surface area contributed by atoms with Crippen molar-refractivity contribution in [1.82, 2.24) is 0 Å². The van der Waals surface area contributed by atoms with E-state index in [1.165, 1.54) is 0 Å². The molecule has 0 radical (unpaired) electrons. The second-order valence-corrected chi connectivity index (χ2v) is 4.59. The summed E-state index contributed by atoms with van der Waals surface area (Å²) in [6.07, 6.45) is 0. The lowest BCUT2D eigenvalue weighted by atomic mass is 10.1. The van der Waals surface area contributed by atoms with E-state index in [-0.39, 0.29) is 24.7 Å². The number of benzene rings is 2. The lowest BCUT2D eigenvalue weighted by Gasteiger charge is -2.13. The fourth-order valence-electron chi connectivity index (χ4n) is 1.99. The van der Waals surface area contributed by atoms with Crippen LogP contribution < -0.4 is 9.47 Å². The molecule has 0 aliphatic heterocycles. The third-order valence-electron chi connectivity index (χ3n) is 3.03. The lowest BCUT2D eigenvalue weighted by molar-refractivity contribution is -0.385. The second kappa shape index (κ2) is 7.26. The highest BCUT2D eigenvalue weighted by molar-refractivity contribution is 5.93. The Morgan fingerprint density at radius 3 is 2.39 bits per heavy atom. The molecule has 23 heavy (non-hydrogen) atoms. The SMILES string of the molecule is CCOc1cc(C(=O)O)c([N+](=O)[O-])cc1OCc1ccccc1. The van der Waals surface area contributed by atoms with E-state index in [0.717, 1.165) is 17.7 Å². The Morgan fingerprint density at radius 1 is 1.17 bits per heavy atom. The van der Waals surface area contributed by atoms with Gasteiger partial charge >= 0.3 is 5.97 Å². The highest BCUT2D eigenvalue weighted by Gasteiger charge is 2.24. The molecule has 0 aliphatic carbocycles. The summed E-state index contributed by atoms with van der Waals surface area (Å²) in [6, 6.07) is 11.4. The summed E-state index contributed by atoms with van der Waals surface area (Å²) in [7, 11) is 0. The molecule has 0 amide bonds. The molecule has 2 aromatic carbocycles. The van der Waals surface area contributed by atoms with Gasteiger partial charge in [0.1, 0.15) is 12.2 Å². The Bertz CT molecular complexity index is 714. The molecule has 2 aromatic rings. The van der Waals surface area contributed by atoms with E-state index < -0.39 is 22.1 Å². The second-order valence-electron chi connectivity index (χ2n) is 4.59. The molecule has 0 saturated heterocycles. The van der Waals surface area contributed by atoms with Crippen LogP contribution in [0.4, 0.5) is 5.69 Å². The molecule has 0 fully saturated rings. The van der Waals surface area contributed by atoms with Gasteiger partial charge in [0, 0.05) is 6.07 Å². The van der Waals surface area contributed by atoms with Gasteiger partial charge < -0.3 is 14.6 Å². The van der Waals surface area contributed by atoms with Crippen molar-refractivity contribution in [1.29, 1.82) is 0 Å². The Labute approximate surface area is 132 Å². The van der Waals surface area contributed by atoms with E-state index in [9.17, 15) is 14.9 Å². The van der Waals surface area contributed by atoms with Crippen molar-refractivity contribution in [3.8, 4) is 11.5 Å². The van der Waals surface area contributed by atoms with Gasteiger partial charge in [-0.05, 0) is 12.5 Å². The number of hydrogen-bond acceptors (Lipinski definition) is 5. The molecule has 7 nitrogen and oxygen atoms in total. The van der Waals surface area contributed by atoms with Gasteiger partial charge in [-0.25, -0.2) is 4.79 Å². The maximum absolute atomic E-state index is 11.2. The Hall–Kier alpha value is -3.09. The van der Waals surface area contributed by atoms with E-state index in [0.29, 0.717) is 0 Å². The monoisotopic (exact) mass is 317 g/mol. The van der Waals surface area contributed by atoms with Gasteiger partial charge in [0.05, 0.1) is 17.6 Å². The summed E-state index contributed by atoms with van der Waals surface area (Å²) in [5.74, 6) is -1.11. The first-order valence-electron chi connectivity index (χ1n) is 6.88. The first-order valence-corrected chi connectivity index (χ1v) is 6.88. The molecular weight excluding hydrogens is 302 g/mol. The number of hydrogen-bond donors (Lipinski definition) is 1. The predicted octanol–water partition coefficient (Wildman–Crippen LogP) is 3.27. The zero-order chi connectivity index (χ0) is 16.8. The van der Waals surface area contributed by atoms with Gasteiger partial charge in [0.15, 0.2) is 11.5 Å². The molecule has 0 atom stereocenters. The third kappa shape index (κ3) is 3.97. The summed E-state index contributed by atoms with van der Waals surface area (Å²) in [6.45, 7) is 2.19. The summed E-state index contributed by atoms with van der Waals surface area (Å²) in [4.78, 5) is 21.5. The van der Waals surface area contributed by atoms with Gasteiger partial charge in [0.2, 0.25) is 0 Å². The van der Waals surface area contributed by atoms with Crippen LogP contribution in [0.15, 0.2) is 42.5 Å². The molecule has 0 bridgehead atoms. The summed E-state index contributed by atoms with van der Waals surface area (Å²) in [5, 5.41) is 20.2. The van der Waals surface area contributed by atoms with Crippen molar-refractivity contribution in [3.05, 3.63) is 63.7 Å². The van der Waals surface area contributed by atoms with E-state index in [1.54, 1.807) is 6.92 Å². The maximum Gasteiger partial charge on any atom is 0.342 e. The van der Waals surface area contributed by atoms with Crippen LogP contribution in [-0.2, 0) is 6.61 Å². The third-order valence-corrected chi connectivity index (χ3v) is 3.03. The van der Waals surface area contributed by atoms with Crippen LogP contribution in [-0.4, -0.2) is 22.6 Å². The quantitative estimate of drug-likeness (QED) is 0.621. The first-order chi connectivity index (χ1) is 11.0. The number of nitro groups is 1. The molecule has 0 unspecified atom stereocenters. The van der Waals surface area contributed by atoms with Crippen molar-refractivity contribution in [2.24, 2.45) is 0 Å². The van der Waals surface area contributed by atoms with Crippen molar-refractivity contribution >= 4 is 11.7 Å². The summed E-state index contributed by atoms with van der Waals surface area (Å²) < 4.78 is 10.9. The number of nitro benzene ring substituents is 1. The number of aromatic carboxylic acids is 1. The number of carboxylic acids is 1. The number of rotatable bonds is 7. The standard InChI is InChI=1S/C16H15NO6/c1-2-22-14-8-12(16(18)19)13(17(20)21)9-15(14)23-10-11-6-4-3-5-7-11/h3-9H,2,10H2,1H3,(H,18,19). The van der Waals surface area contributed by atoms with Crippen LogP contribution in [0, 0.1) is 10.1 Å². The molecule has 0 aliphatic rings. The molecule has 0 saturated carbocycles. The van der Waals surface area contributed by atoms with E-state index in [4.69, 9.17) is 14.6 Å². The predicted molar refractivity (Wildman–Crippen MR) is 82.0 cm³/mol. The van der Waals surface area contributed by atoms with Crippen molar-refractivity contribution in [2.45, 2.75) is 13.5 Å². The molecule has 0 heterocycles. The van der Waals surface area contributed by atoms with E-state index in [2.05, 4.69) is 0 Å². The number of carboxylic acid groups (broad SMARTS) is 1. The Balaban J connectivity index is 2.37. The minimum Gasteiger partial charge on any atom is -0.490 e. The maximum atomic E-state index is 11.2. The highest BCUT2D eigenvalue weighted by Crippen LogP contribution is 2.35. The molecule has 120 valence electrons. The van der Waals surface area contributed by atoms with Crippen LogP contribution in [0.2, 0.25) is 0 Å². The van der Waals surface area contributed by atoms with Crippen LogP contribution in [0.25, 0.3) is 0 Å². The average molecular weight is 317 g/mol.